The minimum atomic E-state index is -0.822. The highest BCUT2D eigenvalue weighted by Gasteiger charge is 2.24. The molecule has 208 valence electrons. The van der Waals surface area contributed by atoms with Gasteiger partial charge in [0.15, 0.2) is 17.5 Å². The largest absolute Gasteiger partial charge is 0.208 e. The van der Waals surface area contributed by atoms with Gasteiger partial charge in [0.1, 0.15) is 0 Å². The minimum absolute atomic E-state index is 0.0486. The van der Waals surface area contributed by atoms with Crippen molar-refractivity contribution in [3.05, 3.63) is 162 Å². The van der Waals surface area contributed by atoms with Gasteiger partial charge >= 0.3 is 0 Å². The van der Waals surface area contributed by atoms with Crippen molar-refractivity contribution in [1.82, 2.24) is 15.0 Å². The van der Waals surface area contributed by atoms with Crippen LogP contribution in [0.25, 0.3) is 67.5 Å². The highest BCUT2D eigenvalue weighted by atomic mass is 15.0. The molecule has 7 aromatic rings. The molecule has 3 heteroatoms. The standard InChI is InChI=1S/C41H29N3/c1-27-12-8-18-31(24-27)40-42-39(29-15-6-3-7-16-29)43-41(44-40)32-19-9-17-30(25-32)34-21-11-23-36-35-22-10-20-33(37(35)26-38(34)36)28-13-4-2-5-14-28/h2-25H,26H2,1H3/i2D,3D,4D,5D,6D,7D,8D,9D,10D,11D,12D,13D,14D,15D,16D,17D,18D,19D,20D,21D,22D,23D,24D. The molecule has 0 radical (unpaired) electrons. The Kier molecular flexibility index (Phi) is 2.83. The molecule has 1 aliphatic carbocycles. The van der Waals surface area contributed by atoms with E-state index >= 15 is 0 Å². The first-order chi connectivity index (χ1) is 31.3. The van der Waals surface area contributed by atoms with Crippen molar-refractivity contribution in [3.8, 4) is 67.5 Å². The normalized spacial score (nSPS) is 19.0. The Hall–Kier alpha value is -5.67. The van der Waals surface area contributed by atoms with Crippen LogP contribution >= 0.6 is 0 Å². The van der Waals surface area contributed by atoms with Crippen molar-refractivity contribution in [2.45, 2.75) is 13.3 Å². The predicted molar refractivity (Wildman–Crippen MR) is 180 cm³/mol. The number of hydrogen-bond donors (Lipinski definition) is 0. The zero-order valence-corrected chi connectivity index (χ0v) is 22.6. The van der Waals surface area contributed by atoms with E-state index in [1.54, 1.807) is 0 Å². The van der Waals surface area contributed by atoms with Gasteiger partial charge in [0.05, 0.1) is 31.5 Å². The van der Waals surface area contributed by atoms with Crippen LogP contribution in [-0.2, 0) is 6.42 Å². The number of aromatic nitrogens is 3. The molecule has 0 saturated carbocycles. The molecule has 6 aromatic carbocycles. The van der Waals surface area contributed by atoms with Crippen LogP contribution < -0.4 is 0 Å². The van der Waals surface area contributed by atoms with Crippen LogP contribution in [0.15, 0.2) is 145 Å². The fourth-order valence-electron chi connectivity index (χ4n) is 4.91. The van der Waals surface area contributed by atoms with Gasteiger partial charge in [-0.05, 0) is 70.0 Å². The lowest BCUT2D eigenvalue weighted by Gasteiger charge is -2.12. The average molecular weight is 587 g/mol. The first kappa shape index (κ1) is 11.4. The van der Waals surface area contributed by atoms with Gasteiger partial charge in [0.25, 0.3) is 0 Å². The summed E-state index contributed by atoms with van der Waals surface area (Å²) in [5, 5.41) is 0. The third-order valence-electron chi connectivity index (χ3n) is 6.84. The van der Waals surface area contributed by atoms with E-state index in [4.69, 9.17) is 30.2 Å². The lowest BCUT2D eigenvalue weighted by atomic mass is 9.94. The molecule has 3 nitrogen and oxygen atoms in total. The fourth-order valence-corrected chi connectivity index (χ4v) is 4.91. The zero-order chi connectivity index (χ0) is 49.5. The maximum absolute atomic E-state index is 9.19. The van der Waals surface area contributed by atoms with Gasteiger partial charge in [-0.1, -0.05) is 138 Å². The van der Waals surface area contributed by atoms with E-state index in [9.17, 15) is 1.37 Å². The number of fused-ring (bicyclic) bond motifs is 3. The summed E-state index contributed by atoms with van der Waals surface area (Å²) in [6, 6.07) is -15.2. The van der Waals surface area contributed by atoms with Crippen molar-refractivity contribution in [2.24, 2.45) is 0 Å². The molecule has 1 heterocycles. The maximum Gasteiger partial charge on any atom is 0.164 e. The van der Waals surface area contributed by atoms with E-state index in [-0.39, 0.29) is 44.5 Å². The average Bonchev–Trinajstić information content (AvgIpc) is 3.69. The minimum Gasteiger partial charge on any atom is -0.208 e. The van der Waals surface area contributed by atoms with Crippen LogP contribution in [-0.4, -0.2) is 15.0 Å². The van der Waals surface area contributed by atoms with Gasteiger partial charge in [-0.15, -0.1) is 0 Å². The summed E-state index contributed by atoms with van der Waals surface area (Å²) in [5.41, 5.74) is -3.54. The Morgan fingerprint density at radius 3 is 1.57 bits per heavy atom. The summed E-state index contributed by atoms with van der Waals surface area (Å²) in [6.07, 6.45) is -0.451. The molecule has 1 aliphatic rings. The van der Waals surface area contributed by atoms with Crippen LogP contribution in [0.4, 0.5) is 0 Å². The Bertz CT molecular complexity index is 3270. The van der Waals surface area contributed by atoms with Gasteiger partial charge in [-0.3, -0.25) is 0 Å². The molecule has 0 N–H and O–H groups in total. The molecular weight excluding hydrogens is 534 g/mol. The topological polar surface area (TPSA) is 38.7 Å². The third-order valence-corrected chi connectivity index (χ3v) is 6.84. The molecule has 0 unspecified atom stereocenters. The molecule has 0 spiro atoms. The SMILES string of the molecule is [2H]c1c(-c2nc(-c3c([2H])c([2H])c([2H])c([2H])c3[2H])nc(-c3c([2H])c([2H])c([2H])c(C)c3[2H])n2)cc(-c2c([2H])c([2H])c([2H])c3c2Cc2c(-c4c([2H])c([2H])c([2H])c([2H])c4[2H])c([2H])c([2H])c([2H])c2-3)c([2H])c1[2H]. The molecule has 44 heavy (non-hydrogen) atoms. The van der Waals surface area contributed by atoms with E-state index < -0.39 is 185 Å². The molecule has 0 fully saturated rings. The molecule has 1 aromatic heterocycles. The monoisotopic (exact) mass is 586 g/mol. The van der Waals surface area contributed by atoms with Crippen LogP contribution in [0.1, 0.15) is 48.2 Å². The van der Waals surface area contributed by atoms with Crippen molar-refractivity contribution < 1.29 is 31.5 Å². The fraction of sp³-hybridized carbons (Fsp3) is 0.0488. The number of hydrogen-bond acceptors (Lipinski definition) is 3. The predicted octanol–water partition coefficient (Wildman–Crippen LogP) is 10.1. The Labute approximate surface area is 289 Å². The lowest BCUT2D eigenvalue weighted by molar-refractivity contribution is 1.07. The Morgan fingerprint density at radius 2 is 0.886 bits per heavy atom. The number of nitrogens with zero attached hydrogens (tertiary/aromatic N) is 3. The highest BCUT2D eigenvalue weighted by molar-refractivity contribution is 5.90. The van der Waals surface area contributed by atoms with Crippen molar-refractivity contribution in [3.63, 3.8) is 0 Å². The van der Waals surface area contributed by atoms with Crippen LogP contribution in [0, 0.1) is 6.92 Å². The number of rotatable bonds is 5. The van der Waals surface area contributed by atoms with E-state index in [1.165, 1.54) is 6.92 Å². The Balaban J connectivity index is 1.46. The zero-order valence-electron chi connectivity index (χ0n) is 45.6. The molecular formula is C41H29N3. The summed E-state index contributed by atoms with van der Waals surface area (Å²) in [6.45, 7) is 1.34. The molecule has 8 rings (SSSR count). The van der Waals surface area contributed by atoms with Gasteiger partial charge in [0, 0.05) is 16.7 Å². The second-order valence-corrected chi connectivity index (χ2v) is 9.54. The van der Waals surface area contributed by atoms with E-state index in [0.29, 0.717) is 0 Å². The summed E-state index contributed by atoms with van der Waals surface area (Å²) in [4.78, 5) is 13.1. The van der Waals surface area contributed by atoms with Gasteiger partial charge < -0.3 is 0 Å². The molecule has 0 atom stereocenters. The maximum atomic E-state index is 9.19. The van der Waals surface area contributed by atoms with E-state index in [0.717, 1.165) is 6.07 Å². The first-order valence-electron chi connectivity index (χ1n) is 24.6. The van der Waals surface area contributed by atoms with Crippen LogP contribution in [0.5, 0.6) is 0 Å². The van der Waals surface area contributed by atoms with Gasteiger partial charge in [-0.2, -0.15) is 0 Å². The van der Waals surface area contributed by atoms with E-state index in [2.05, 4.69) is 15.0 Å². The van der Waals surface area contributed by atoms with Crippen LogP contribution in [0.2, 0.25) is 0 Å². The van der Waals surface area contributed by atoms with Crippen molar-refractivity contribution in [2.75, 3.05) is 0 Å². The third kappa shape index (κ3) is 4.69. The summed E-state index contributed by atoms with van der Waals surface area (Å²) >= 11 is 0. The lowest BCUT2D eigenvalue weighted by Crippen LogP contribution is -2.00. The smallest absolute Gasteiger partial charge is 0.164 e. The Morgan fingerprint density at radius 1 is 0.432 bits per heavy atom. The quantitative estimate of drug-likeness (QED) is 0.201. The number of benzene rings is 6. The highest BCUT2D eigenvalue weighted by Crippen LogP contribution is 2.45. The van der Waals surface area contributed by atoms with Gasteiger partial charge in [-0.25, -0.2) is 15.0 Å². The van der Waals surface area contributed by atoms with E-state index in [1.807, 2.05) is 0 Å². The summed E-state index contributed by atoms with van der Waals surface area (Å²) in [5.74, 6) is -1.80. The van der Waals surface area contributed by atoms with Crippen molar-refractivity contribution in [1.29, 1.82) is 0 Å². The summed E-state index contributed by atoms with van der Waals surface area (Å²) in [7, 11) is 0. The van der Waals surface area contributed by atoms with Crippen molar-refractivity contribution >= 4 is 0 Å². The van der Waals surface area contributed by atoms with Crippen LogP contribution in [0.3, 0.4) is 0 Å². The second-order valence-electron chi connectivity index (χ2n) is 9.54. The molecule has 0 aliphatic heterocycles. The molecule has 0 amide bonds. The first-order valence-corrected chi connectivity index (χ1v) is 13.1. The summed E-state index contributed by atoms with van der Waals surface area (Å²) < 4.78 is 199. The molecule has 0 bridgehead atoms. The second kappa shape index (κ2) is 10.9. The van der Waals surface area contributed by atoms with Gasteiger partial charge in [0.2, 0.25) is 0 Å². The molecule has 0 saturated heterocycles.